The van der Waals surface area contributed by atoms with Crippen LogP contribution in [0.15, 0.2) is 18.2 Å². The molecule has 1 aromatic heterocycles. The highest BCUT2D eigenvalue weighted by Gasteiger charge is 2.35. The molecule has 0 aromatic carbocycles. The maximum atomic E-state index is 13.1. The van der Waals surface area contributed by atoms with Gasteiger partial charge in [-0.05, 0) is 71.7 Å². The third-order valence-corrected chi connectivity index (χ3v) is 6.30. The lowest BCUT2D eigenvalue weighted by atomic mass is 9.94. The van der Waals surface area contributed by atoms with Crippen LogP contribution in [0.5, 0.6) is 0 Å². The Bertz CT molecular complexity index is 792. The van der Waals surface area contributed by atoms with Gasteiger partial charge in [0.1, 0.15) is 5.82 Å². The molecule has 0 aliphatic carbocycles. The Balaban J connectivity index is 1.49. The van der Waals surface area contributed by atoms with Crippen molar-refractivity contribution in [1.29, 1.82) is 0 Å². The van der Waals surface area contributed by atoms with Crippen LogP contribution in [0.25, 0.3) is 0 Å². The summed E-state index contributed by atoms with van der Waals surface area (Å²) in [6.45, 7) is 8.49. The fourth-order valence-corrected chi connectivity index (χ4v) is 4.44. The molecule has 2 unspecified atom stereocenters. The van der Waals surface area contributed by atoms with Crippen molar-refractivity contribution in [2.24, 2.45) is 11.8 Å². The van der Waals surface area contributed by atoms with Crippen molar-refractivity contribution in [2.45, 2.75) is 52.5 Å². The number of carbonyl (C=O) groups excluding carboxylic acids is 3. The zero-order valence-electron chi connectivity index (χ0n) is 18.8. The molecule has 1 aromatic rings. The van der Waals surface area contributed by atoms with E-state index >= 15 is 0 Å². The van der Waals surface area contributed by atoms with E-state index in [1.54, 1.807) is 17.9 Å². The summed E-state index contributed by atoms with van der Waals surface area (Å²) in [6.07, 6.45) is 3.01. The van der Waals surface area contributed by atoms with Crippen molar-refractivity contribution >= 4 is 23.6 Å². The Labute approximate surface area is 184 Å². The number of hydrogen-bond acceptors (Lipinski definition) is 6. The van der Waals surface area contributed by atoms with Gasteiger partial charge in [0.15, 0.2) is 0 Å². The molecule has 170 valence electrons. The molecule has 2 aliphatic rings. The fourth-order valence-electron chi connectivity index (χ4n) is 4.44. The molecule has 2 atom stereocenters. The van der Waals surface area contributed by atoms with E-state index in [2.05, 4.69) is 15.2 Å². The second kappa shape index (κ2) is 10.7. The number of amides is 2. The van der Waals surface area contributed by atoms with Crippen LogP contribution in [0.2, 0.25) is 0 Å². The van der Waals surface area contributed by atoms with E-state index in [4.69, 9.17) is 4.74 Å². The zero-order valence-corrected chi connectivity index (χ0v) is 18.8. The standard InChI is InChI=1S/C23H34N4O4/c1-4-31-23(30)19-8-6-12-27(15-19)22(29)17(3)26-13-10-18(11-14-26)21(28)25-20-9-5-7-16(2)24-20/h5,7,9,17-19H,4,6,8,10-15H2,1-3H3,(H,24,25,28). The lowest BCUT2D eigenvalue weighted by molar-refractivity contribution is -0.152. The van der Waals surface area contributed by atoms with Gasteiger partial charge >= 0.3 is 5.97 Å². The van der Waals surface area contributed by atoms with Gasteiger partial charge in [0, 0.05) is 24.7 Å². The number of nitrogens with zero attached hydrogens (tertiary/aromatic N) is 3. The summed E-state index contributed by atoms with van der Waals surface area (Å²) in [5.41, 5.74) is 0.864. The van der Waals surface area contributed by atoms with Crippen molar-refractivity contribution in [1.82, 2.24) is 14.8 Å². The molecule has 0 spiro atoms. The summed E-state index contributed by atoms with van der Waals surface area (Å²) >= 11 is 0. The van der Waals surface area contributed by atoms with Crippen LogP contribution < -0.4 is 5.32 Å². The van der Waals surface area contributed by atoms with Crippen molar-refractivity contribution in [3.8, 4) is 0 Å². The number of piperidine rings is 2. The van der Waals surface area contributed by atoms with Gasteiger partial charge in [-0.3, -0.25) is 19.3 Å². The highest BCUT2D eigenvalue weighted by Crippen LogP contribution is 2.23. The molecule has 0 saturated carbocycles. The van der Waals surface area contributed by atoms with Gasteiger partial charge in [0.25, 0.3) is 0 Å². The Morgan fingerprint density at radius 3 is 2.58 bits per heavy atom. The van der Waals surface area contributed by atoms with Gasteiger partial charge < -0.3 is 15.0 Å². The first-order chi connectivity index (χ1) is 14.9. The van der Waals surface area contributed by atoms with Gasteiger partial charge in [-0.15, -0.1) is 0 Å². The van der Waals surface area contributed by atoms with Crippen LogP contribution in [-0.2, 0) is 19.1 Å². The molecule has 3 rings (SSSR count). The molecule has 8 nitrogen and oxygen atoms in total. The number of hydrogen-bond donors (Lipinski definition) is 1. The second-order valence-corrected chi connectivity index (χ2v) is 8.52. The molecule has 2 fully saturated rings. The highest BCUT2D eigenvalue weighted by atomic mass is 16.5. The maximum Gasteiger partial charge on any atom is 0.310 e. The van der Waals surface area contributed by atoms with E-state index in [0.29, 0.717) is 51.4 Å². The summed E-state index contributed by atoms with van der Waals surface area (Å²) in [5, 5.41) is 2.91. The lowest BCUT2D eigenvalue weighted by Crippen LogP contribution is -2.53. The largest absolute Gasteiger partial charge is 0.466 e. The Kier molecular flexibility index (Phi) is 8.01. The molecule has 2 amide bonds. The predicted molar refractivity (Wildman–Crippen MR) is 117 cm³/mol. The minimum absolute atomic E-state index is 0.00922. The quantitative estimate of drug-likeness (QED) is 0.696. The smallest absolute Gasteiger partial charge is 0.310 e. The number of likely N-dealkylation sites (tertiary alicyclic amines) is 2. The predicted octanol–water partition coefficient (Wildman–Crippen LogP) is 2.23. The highest BCUT2D eigenvalue weighted by molar-refractivity contribution is 5.91. The van der Waals surface area contributed by atoms with Crippen LogP contribution in [0.1, 0.15) is 45.2 Å². The van der Waals surface area contributed by atoms with Gasteiger partial charge in [0.2, 0.25) is 11.8 Å². The molecule has 1 N–H and O–H groups in total. The van der Waals surface area contributed by atoms with E-state index in [9.17, 15) is 14.4 Å². The van der Waals surface area contributed by atoms with E-state index in [0.717, 1.165) is 18.5 Å². The number of rotatable bonds is 6. The van der Waals surface area contributed by atoms with Crippen LogP contribution in [0, 0.1) is 18.8 Å². The molecule has 0 bridgehead atoms. The summed E-state index contributed by atoms with van der Waals surface area (Å²) in [5.74, 6) is 0.115. The number of esters is 1. The van der Waals surface area contributed by atoms with Gasteiger partial charge in [-0.25, -0.2) is 4.98 Å². The molecule has 0 radical (unpaired) electrons. The molecule has 8 heteroatoms. The minimum atomic E-state index is -0.261. The second-order valence-electron chi connectivity index (χ2n) is 8.52. The van der Waals surface area contributed by atoms with Crippen LogP contribution in [0.3, 0.4) is 0 Å². The first-order valence-corrected chi connectivity index (χ1v) is 11.3. The monoisotopic (exact) mass is 430 g/mol. The normalized spacial score (nSPS) is 21.4. The average molecular weight is 431 g/mol. The number of ether oxygens (including phenoxy) is 1. The SMILES string of the molecule is CCOC(=O)C1CCCN(C(=O)C(C)N2CCC(C(=O)Nc3cccc(C)n3)CC2)C1. The Hall–Kier alpha value is -2.48. The molecule has 2 saturated heterocycles. The van der Waals surface area contributed by atoms with Gasteiger partial charge in [-0.1, -0.05) is 6.07 Å². The number of aryl methyl sites for hydroxylation is 1. The van der Waals surface area contributed by atoms with E-state index in [1.165, 1.54) is 0 Å². The van der Waals surface area contributed by atoms with Crippen molar-refractivity contribution < 1.29 is 19.1 Å². The fraction of sp³-hybridized carbons (Fsp3) is 0.652. The van der Waals surface area contributed by atoms with Crippen molar-refractivity contribution in [3.63, 3.8) is 0 Å². The molecular formula is C23H34N4O4. The average Bonchev–Trinajstić information content (AvgIpc) is 2.78. The minimum Gasteiger partial charge on any atom is -0.466 e. The summed E-state index contributed by atoms with van der Waals surface area (Å²) in [6, 6.07) is 5.30. The third-order valence-electron chi connectivity index (χ3n) is 6.30. The summed E-state index contributed by atoms with van der Waals surface area (Å²) < 4.78 is 5.14. The van der Waals surface area contributed by atoms with E-state index in [1.807, 2.05) is 26.0 Å². The summed E-state index contributed by atoms with van der Waals surface area (Å²) in [7, 11) is 0. The topological polar surface area (TPSA) is 91.8 Å². The molecule has 2 aliphatic heterocycles. The number of nitrogens with one attached hydrogen (secondary N) is 1. The Morgan fingerprint density at radius 2 is 1.90 bits per heavy atom. The number of aromatic nitrogens is 1. The van der Waals surface area contributed by atoms with Crippen LogP contribution >= 0.6 is 0 Å². The Morgan fingerprint density at radius 1 is 1.16 bits per heavy atom. The summed E-state index contributed by atoms with van der Waals surface area (Å²) in [4.78, 5) is 46.0. The van der Waals surface area contributed by atoms with Crippen molar-refractivity contribution in [3.05, 3.63) is 23.9 Å². The first kappa shape index (κ1) is 23.2. The lowest BCUT2D eigenvalue weighted by Gasteiger charge is -2.39. The van der Waals surface area contributed by atoms with Crippen molar-refractivity contribution in [2.75, 3.05) is 38.1 Å². The third kappa shape index (κ3) is 6.03. The van der Waals surface area contributed by atoms with E-state index < -0.39 is 0 Å². The van der Waals surface area contributed by atoms with E-state index in [-0.39, 0.29) is 35.7 Å². The maximum absolute atomic E-state index is 13.1. The number of carbonyl (C=O) groups is 3. The number of pyridine rings is 1. The van der Waals surface area contributed by atoms with Gasteiger partial charge in [0.05, 0.1) is 18.6 Å². The molecule has 31 heavy (non-hydrogen) atoms. The van der Waals surface area contributed by atoms with Crippen LogP contribution in [0.4, 0.5) is 5.82 Å². The molecule has 3 heterocycles. The van der Waals surface area contributed by atoms with Crippen LogP contribution in [-0.4, -0.2) is 71.4 Å². The zero-order chi connectivity index (χ0) is 22.4. The number of anilines is 1. The van der Waals surface area contributed by atoms with Gasteiger partial charge in [-0.2, -0.15) is 0 Å². The first-order valence-electron chi connectivity index (χ1n) is 11.3. The molecular weight excluding hydrogens is 396 g/mol.